The second-order valence-corrected chi connectivity index (χ2v) is 5.83. The lowest BCUT2D eigenvalue weighted by atomic mass is 10.1. The van der Waals surface area contributed by atoms with Crippen LogP contribution in [0.25, 0.3) is 0 Å². The maximum atomic E-state index is 12.1. The minimum atomic E-state index is -0.151. The van der Waals surface area contributed by atoms with Gasteiger partial charge in [0.05, 0.1) is 11.6 Å². The van der Waals surface area contributed by atoms with E-state index in [2.05, 4.69) is 21.2 Å². The lowest BCUT2D eigenvalue weighted by Gasteiger charge is -2.08. The van der Waals surface area contributed by atoms with Crippen molar-refractivity contribution in [3.8, 4) is 0 Å². The highest BCUT2D eigenvalue weighted by Gasteiger charge is 2.07. The van der Waals surface area contributed by atoms with Crippen LogP contribution in [0.3, 0.4) is 0 Å². The third kappa shape index (κ3) is 4.56. The number of rotatable bonds is 5. The van der Waals surface area contributed by atoms with Crippen LogP contribution < -0.4 is 5.32 Å². The van der Waals surface area contributed by atoms with Gasteiger partial charge in [0.25, 0.3) is 5.91 Å². The van der Waals surface area contributed by atoms with Crippen LogP contribution >= 0.6 is 27.5 Å². The molecule has 0 spiro atoms. The average molecular weight is 369 g/mol. The first-order valence-electron chi connectivity index (χ1n) is 6.40. The molecule has 3 nitrogen and oxygen atoms in total. The van der Waals surface area contributed by atoms with Crippen molar-refractivity contribution in [1.82, 2.24) is 5.32 Å². The van der Waals surface area contributed by atoms with E-state index in [9.17, 15) is 4.79 Å². The molecule has 2 aromatic carbocycles. The molecule has 1 N–H and O–H groups in total. The Morgan fingerprint density at radius 3 is 2.71 bits per heavy atom. The van der Waals surface area contributed by atoms with E-state index in [1.807, 2.05) is 24.3 Å². The van der Waals surface area contributed by atoms with Gasteiger partial charge in [-0.1, -0.05) is 35.9 Å². The highest BCUT2D eigenvalue weighted by Crippen LogP contribution is 2.23. The third-order valence-electron chi connectivity index (χ3n) is 2.94. The molecule has 2 aromatic rings. The standard InChI is InChI=1S/C16H15BrClNO2/c1-21-10-12-4-2-3-11(7-12)9-19-16(20)13-5-6-14(17)15(18)8-13/h2-8H,9-10H2,1H3,(H,19,20). The van der Waals surface area contributed by atoms with Crippen molar-refractivity contribution >= 4 is 33.4 Å². The maximum absolute atomic E-state index is 12.1. The van der Waals surface area contributed by atoms with Crippen LogP contribution in [-0.2, 0) is 17.9 Å². The number of hydrogen-bond acceptors (Lipinski definition) is 2. The number of benzene rings is 2. The monoisotopic (exact) mass is 367 g/mol. The fourth-order valence-corrected chi connectivity index (χ4v) is 2.35. The summed E-state index contributed by atoms with van der Waals surface area (Å²) in [6.45, 7) is 1.02. The van der Waals surface area contributed by atoms with E-state index in [1.54, 1.807) is 25.3 Å². The first kappa shape index (κ1) is 16.0. The Bertz CT molecular complexity index is 646. The summed E-state index contributed by atoms with van der Waals surface area (Å²) in [7, 11) is 1.66. The van der Waals surface area contributed by atoms with E-state index < -0.39 is 0 Å². The van der Waals surface area contributed by atoms with Crippen LogP contribution in [0, 0.1) is 0 Å². The van der Waals surface area contributed by atoms with Gasteiger partial charge >= 0.3 is 0 Å². The smallest absolute Gasteiger partial charge is 0.251 e. The second kappa shape index (κ2) is 7.59. The van der Waals surface area contributed by atoms with Gasteiger partial charge in [-0.25, -0.2) is 0 Å². The SMILES string of the molecule is COCc1cccc(CNC(=O)c2ccc(Br)c(Cl)c2)c1. The minimum absolute atomic E-state index is 0.151. The van der Waals surface area contributed by atoms with Crippen LogP contribution in [0.15, 0.2) is 46.9 Å². The lowest BCUT2D eigenvalue weighted by Crippen LogP contribution is -2.22. The lowest BCUT2D eigenvalue weighted by molar-refractivity contribution is 0.0951. The summed E-state index contributed by atoms with van der Waals surface area (Å²) in [5, 5.41) is 3.40. The van der Waals surface area contributed by atoms with Crippen LogP contribution in [0.4, 0.5) is 0 Å². The van der Waals surface area contributed by atoms with Gasteiger partial charge in [-0.15, -0.1) is 0 Å². The number of carbonyl (C=O) groups is 1. The van der Waals surface area contributed by atoms with Crippen molar-refractivity contribution in [3.05, 3.63) is 68.7 Å². The van der Waals surface area contributed by atoms with Crippen molar-refractivity contribution in [2.75, 3.05) is 7.11 Å². The Labute approximate surface area is 137 Å². The molecule has 0 saturated heterocycles. The summed E-state index contributed by atoms with van der Waals surface area (Å²) < 4.78 is 5.87. The number of hydrogen-bond donors (Lipinski definition) is 1. The molecule has 2 rings (SSSR count). The second-order valence-electron chi connectivity index (χ2n) is 4.56. The number of methoxy groups -OCH3 is 1. The van der Waals surface area contributed by atoms with Crippen molar-refractivity contribution in [1.29, 1.82) is 0 Å². The number of ether oxygens (including phenoxy) is 1. The van der Waals surface area contributed by atoms with Crippen LogP contribution in [-0.4, -0.2) is 13.0 Å². The number of carbonyl (C=O) groups excluding carboxylic acids is 1. The van der Waals surface area contributed by atoms with E-state index in [0.29, 0.717) is 23.7 Å². The van der Waals surface area contributed by atoms with Crippen LogP contribution in [0.1, 0.15) is 21.5 Å². The van der Waals surface area contributed by atoms with Crippen LogP contribution in [0.5, 0.6) is 0 Å². The summed E-state index contributed by atoms with van der Waals surface area (Å²) in [6.07, 6.45) is 0. The quantitative estimate of drug-likeness (QED) is 0.860. The molecule has 1 amide bonds. The van der Waals surface area contributed by atoms with Gasteiger partial charge in [-0.05, 0) is 45.3 Å². The van der Waals surface area contributed by atoms with Gasteiger partial charge in [-0.3, -0.25) is 4.79 Å². The molecule has 5 heteroatoms. The largest absolute Gasteiger partial charge is 0.380 e. The topological polar surface area (TPSA) is 38.3 Å². The van der Waals surface area contributed by atoms with Gasteiger partial charge in [0.2, 0.25) is 0 Å². The molecule has 0 heterocycles. The zero-order valence-corrected chi connectivity index (χ0v) is 13.9. The van der Waals surface area contributed by atoms with Crippen molar-refractivity contribution in [2.45, 2.75) is 13.2 Å². The van der Waals surface area contributed by atoms with Crippen molar-refractivity contribution in [3.63, 3.8) is 0 Å². The summed E-state index contributed by atoms with van der Waals surface area (Å²) in [5.41, 5.74) is 2.65. The minimum Gasteiger partial charge on any atom is -0.380 e. The van der Waals surface area contributed by atoms with E-state index in [-0.39, 0.29) is 5.91 Å². The van der Waals surface area contributed by atoms with Gasteiger partial charge in [-0.2, -0.15) is 0 Å². The van der Waals surface area contributed by atoms with E-state index in [1.165, 1.54) is 0 Å². The average Bonchev–Trinajstić information content (AvgIpc) is 2.48. The van der Waals surface area contributed by atoms with E-state index in [4.69, 9.17) is 16.3 Å². The molecule has 0 aliphatic carbocycles. The van der Waals surface area contributed by atoms with Gasteiger partial charge in [0, 0.05) is 23.7 Å². The Hall–Kier alpha value is -1.36. The van der Waals surface area contributed by atoms with Gasteiger partial charge in [0.15, 0.2) is 0 Å². The normalized spacial score (nSPS) is 10.4. The summed E-state index contributed by atoms with van der Waals surface area (Å²) >= 11 is 9.29. The Balaban J connectivity index is 2.00. The zero-order valence-electron chi connectivity index (χ0n) is 11.5. The Morgan fingerprint density at radius 2 is 2.00 bits per heavy atom. The van der Waals surface area contributed by atoms with E-state index in [0.717, 1.165) is 15.6 Å². The molecule has 21 heavy (non-hydrogen) atoms. The first-order valence-corrected chi connectivity index (χ1v) is 7.57. The molecular formula is C16H15BrClNO2. The van der Waals surface area contributed by atoms with Gasteiger partial charge in [0.1, 0.15) is 0 Å². The van der Waals surface area contributed by atoms with Crippen molar-refractivity contribution in [2.24, 2.45) is 0 Å². The number of nitrogens with one attached hydrogen (secondary N) is 1. The van der Waals surface area contributed by atoms with Crippen LogP contribution in [0.2, 0.25) is 5.02 Å². The molecule has 0 radical (unpaired) electrons. The molecular weight excluding hydrogens is 354 g/mol. The molecule has 0 aliphatic heterocycles. The molecule has 0 unspecified atom stereocenters. The molecule has 0 atom stereocenters. The molecule has 0 aliphatic rings. The Kier molecular flexibility index (Phi) is 5.79. The highest BCUT2D eigenvalue weighted by molar-refractivity contribution is 9.10. The highest BCUT2D eigenvalue weighted by atomic mass is 79.9. The molecule has 0 fully saturated rings. The third-order valence-corrected chi connectivity index (χ3v) is 4.17. The summed E-state index contributed by atoms with van der Waals surface area (Å²) in [5.74, 6) is -0.151. The number of halogens is 2. The zero-order chi connectivity index (χ0) is 15.2. The number of amides is 1. The molecule has 0 bridgehead atoms. The molecule has 110 valence electrons. The van der Waals surface area contributed by atoms with Crippen molar-refractivity contribution < 1.29 is 9.53 Å². The van der Waals surface area contributed by atoms with E-state index >= 15 is 0 Å². The summed E-state index contributed by atoms with van der Waals surface area (Å²) in [4.78, 5) is 12.1. The molecule has 0 saturated carbocycles. The summed E-state index contributed by atoms with van der Waals surface area (Å²) in [6, 6.07) is 13.0. The predicted octanol–water partition coefficient (Wildman–Crippen LogP) is 4.18. The molecule has 0 aromatic heterocycles. The Morgan fingerprint density at radius 1 is 1.24 bits per heavy atom. The predicted molar refractivity (Wildman–Crippen MR) is 87.5 cm³/mol. The fourth-order valence-electron chi connectivity index (χ4n) is 1.92. The first-order chi connectivity index (χ1) is 10.1. The maximum Gasteiger partial charge on any atom is 0.251 e. The fraction of sp³-hybridized carbons (Fsp3) is 0.188. The van der Waals surface area contributed by atoms with Gasteiger partial charge < -0.3 is 10.1 Å².